The lowest BCUT2D eigenvalue weighted by Gasteiger charge is -2.10. The van der Waals surface area contributed by atoms with Gasteiger partial charge in [-0.2, -0.15) is 0 Å². The lowest BCUT2D eigenvalue weighted by atomic mass is 9.96. The normalized spacial score (nSPS) is 30.2. The Kier molecular flexibility index (Phi) is 1.54. The van der Waals surface area contributed by atoms with Crippen LogP contribution in [0.3, 0.4) is 0 Å². The molecule has 0 amide bonds. The topological polar surface area (TPSA) is 0 Å². The van der Waals surface area contributed by atoms with Gasteiger partial charge in [0.2, 0.25) is 0 Å². The van der Waals surface area contributed by atoms with E-state index in [1.54, 1.807) is 13.0 Å². The standard InChI is InChI=1S/C11H12F2/c1-8-4-3-5-9(6-8)10(2)7-11(10,12)13/h3-6H,7H2,1-2H3. The van der Waals surface area contributed by atoms with Crippen LogP contribution >= 0.6 is 0 Å². The molecule has 0 radical (unpaired) electrons. The number of benzene rings is 1. The minimum atomic E-state index is -2.50. The van der Waals surface area contributed by atoms with E-state index in [0.717, 1.165) is 11.1 Å². The Balaban J connectivity index is 2.38. The summed E-state index contributed by atoms with van der Waals surface area (Å²) in [6.07, 6.45) is -0.0105. The van der Waals surface area contributed by atoms with Gasteiger partial charge in [0.05, 0.1) is 5.41 Å². The molecule has 13 heavy (non-hydrogen) atoms. The number of alkyl halides is 2. The van der Waals surface area contributed by atoms with Crippen molar-refractivity contribution in [2.45, 2.75) is 31.6 Å². The third-order valence-electron chi connectivity index (χ3n) is 2.91. The van der Waals surface area contributed by atoms with Gasteiger partial charge in [-0.15, -0.1) is 0 Å². The van der Waals surface area contributed by atoms with Crippen LogP contribution in [0.25, 0.3) is 0 Å². The largest absolute Gasteiger partial charge is 0.258 e. The third-order valence-corrected chi connectivity index (χ3v) is 2.91. The van der Waals surface area contributed by atoms with Crippen LogP contribution in [0.2, 0.25) is 0 Å². The average Bonchev–Trinajstić information content (AvgIpc) is 2.53. The zero-order chi connectivity index (χ0) is 9.69. The number of aryl methyl sites for hydroxylation is 1. The number of rotatable bonds is 1. The smallest absolute Gasteiger partial charge is 0.206 e. The molecule has 1 aromatic rings. The van der Waals surface area contributed by atoms with Gasteiger partial charge < -0.3 is 0 Å². The van der Waals surface area contributed by atoms with Gasteiger partial charge in [0.25, 0.3) is 5.92 Å². The highest BCUT2D eigenvalue weighted by atomic mass is 19.3. The van der Waals surface area contributed by atoms with Crippen molar-refractivity contribution < 1.29 is 8.78 Å². The highest BCUT2D eigenvalue weighted by Gasteiger charge is 2.68. The van der Waals surface area contributed by atoms with Crippen molar-refractivity contribution in [2.75, 3.05) is 0 Å². The molecular weight excluding hydrogens is 170 g/mol. The number of hydrogen-bond acceptors (Lipinski definition) is 0. The first kappa shape index (κ1) is 8.67. The Bertz CT molecular complexity index is 344. The van der Waals surface area contributed by atoms with Crippen molar-refractivity contribution in [3.63, 3.8) is 0 Å². The zero-order valence-electron chi connectivity index (χ0n) is 7.77. The summed E-state index contributed by atoms with van der Waals surface area (Å²) >= 11 is 0. The molecule has 2 rings (SSSR count). The maximum absolute atomic E-state index is 13.0. The first-order valence-corrected chi connectivity index (χ1v) is 4.41. The van der Waals surface area contributed by atoms with Gasteiger partial charge in [-0.25, -0.2) is 8.78 Å². The van der Waals surface area contributed by atoms with Crippen molar-refractivity contribution in [1.29, 1.82) is 0 Å². The fraction of sp³-hybridized carbons (Fsp3) is 0.455. The summed E-state index contributed by atoms with van der Waals surface area (Å²) in [7, 11) is 0. The van der Waals surface area contributed by atoms with Gasteiger partial charge >= 0.3 is 0 Å². The summed E-state index contributed by atoms with van der Waals surface area (Å²) in [6, 6.07) is 7.40. The first-order valence-electron chi connectivity index (χ1n) is 4.41. The fourth-order valence-corrected chi connectivity index (χ4v) is 1.70. The van der Waals surface area contributed by atoms with Crippen LogP contribution in [-0.2, 0) is 5.41 Å². The van der Waals surface area contributed by atoms with Crippen molar-refractivity contribution in [3.05, 3.63) is 35.4 Å². The highest BCUT2D eigenvalue weighted by molar-refractivity contribution is 5.38. The van der Waals surface area contributed by atoms with Crippen LogP contribution in [0, 0.1) is 6.92 Å². The van der Waals surface area contributed by atoms with Crippen molar-refractivity contribution in [1.82, 2.24) is 0 Å². The molecule has 1 unspecified atom stereocenters. The van der Waals surface area contributed by atoms with Gasteiger partial charge in [0, 0.05) is 6.42 Å². The molecule has 0 saturated heterocycles. The Labute approximate surface area is 76.6 Å². The molecule has 1 saturated carbocycles. The molecule has 0 aliphatic heterocycles. The van der Waals surface area contributed by atoms with E-state index in [4.69, 9.17) is 0 Å². The van der Waals surface area contributed by atoms with Crippen molar-refractivity contribution >= 4 is 0 Å². The first-order chi connectivity index (χ1) is 5.96. The van der Waals surface area contributed by atoms with E-state index in [1.807, 2.05) is 25.1 Å². The quantitative estimate of drug-likeness (QED) is 0.625. The van der Waals surface area contributed by atoms with Gasteiger partial charge in [-0.3, -0.25) is 0 Å². The van der Waals surface area contributed by atoms with Gasteiger partial charge in [-0.1, -0.05) is 29.8 Å². The second-order valence-corrected chi connectivity index (χ2v) is 4.08. The van der Waals surface area contributed by atoms with Crippen LogP contribution in [-0.4, -0.2) is 5.92 Å². The molecule has 0 N–H and O–H groups in total. The summed E-state index contributed by atoms with van der Waals surface area (Å²) in [6.45, 7) is 3.55. The predicted molar refractivity (Wildman–Crippen MR) is 48.1 cm³/mol. The Morgan fingerprint density at radius 3 is 2.38 bits per heavy atom. The molecule has 0 spiro atoms. The SMILES string of the molecule is Cc1cccc(C2(C)CC2(F)F)c1. The maximum atomic E-state index is 13.0. The van der Waals surface area contributed by atoms with E-state index in [-0.39, 0.29) is 6.42 Å². The van der Waals surface area contributed by atoms with E-state index in [1.165, 1.54) is 0 Å². The monoisotopic (exact) mass is 182 g/mol. The summed E-state index contributed by atoms with van der Waals surface area (Å²) < 4.78 is 26.0. The second-order valence-electron chi connectivity index (χ2n) is 4.08. The molecule has 70 valence electrons. The summed E-state index contributed by atoms with van der Waals surface area (Å²) in [5.74, 6) is -2.50. The van der Waals surface area contributed by atoms with Crippen LogP contribution in [0.4, 0.5) is 8.78 Å². The second kappa shape index (κ2) is 2.31. The van der Waals surface area contributed by atoms with Crippen molar-refractivity contribution in [2.24, 2.45) is 0 Å². The molecule has 1 atom stereocenters. The van der Waals surface area contributed by atoms with Crippen LogP contribution in [0.1, 0.15) is 24.5 Å². The minimum Gasteiger partial charge on any atom is -0.206 e. The molecule has 1 aliphatic rings. The maximum Gasteiger partial charge on any atom is 0.258 e. The van der Waals surface area contributed by atoms with Crippen molar-refractivity contribution in [3.8, 4) is 0 Å². The summed E-state index contributed by atoms with van der Waals surface area (Å²) in [4.78, 5) is 0. The molecule has 1 aromatic carbocycles. The minimum absolute atomic E-state index is 0.0105. The predicted octanol–water partition coefficient (Wildman–Crippen LogP) is 3.29. The molecule has 0 nitrogen and oxygen atoms in total. The summed E-state index contributed by atoms with van der Waals surface area (Å²) in [5, 5.41) is 0. The van der Waals surface area contributed by atoms with Gasteiger partial charge in [0.1, 0.15) is 0 Å². The lowest BCUT2D eigenvalue weighted by molar-refractivity contribution is 0.0920. The molecule has 0 heterocycles. The van der Waals surface area contributed by atoms with E-state index in [0.29, 0.717) is 0 Å². The lowest BCUT2D eigenvalue weighted by Crippen LogP contribution is -2.11. The molecule has 1 fully saturated rings. The molecule has 2 heteroatoms. The van der Waals surface area contributed by atoms with E-state index < -0.39 is 11.3 Å². The van der Waals surface area contributed by atoms with Gasteiger partial charge in [-0.05, 0) is 19.4 Å². The Morgan fingerprint density at radius 2 is 1.92 bits per heavy atom. The number of halogens is 2. The Hall–Kier alpha value is -0.920. The van der Waals surface area contributed by atoms with E-state index >= 15 is 0 Å². The van der Waals surface area contributed by atoms with Crippen LogP contribution in [0.15, 0.2) is 24.3 Å². The summed E-state index contributed by atoms with van der Waals surface area (Å²) in [5.41, 5.74) is 0.901. The van der Waals surface area contributed by atoms with Gasteiger partial charge in [0.15, 0.2) is 0 Å². The highest BCUT2D eigenvalue weighted by Crippen LogP contribution is 2.61. The third kappa shape index (κ3) is 1.16. The van der Waals surface area contributed by atoms with E-state index in [2.05, 4.69) is 0 Å². The molecule has 1 aliphatic carbocycles. The molecular formula is C11H12F2. The molecule has 0 bridgehead atoms. The molecule has 0 aromatic heterocycles. The zero-order valence-corrected chi connectivity index (χ0v) is 7.77. The van der Waals surface area contributed by atoms with Crippen LogP contribution in [0.5, 0.6) is 0 Å². The van der Waals surface area contributed by atoms with Crippen LogP contribution < -0.4 is 0 Å². The Morgan fingerprint density at radius 1 is 1.31 bits per heavy atom. The average molecular weight is 182 g/mol. The number of hydrogen-bond donors (Lipinski definition) is 0. The fourth-order valence-electron chi connectivity index (χ4n) is 1.70. The van der Waals surface area contributed by atoms with E-state index in [9.17, 15) is 8.78 Å².